The van der Waals surface area contributed by atoms with E-state index in [1.165, 1.54) is 0 Å². The highest BCUT2D eigenvalue weighted by Gasteiger charge is 2.23. The molecule has 1 aromatic heterocycles. The van der Waals surface area contributed by atoms with E-state index in [2.05, 4.69) is 36.1 Å². The number of hydrogen-bond acceptors (Lipinski definition) is 5. The molecule has 4 nitrogen and oxygen atoms in total. The summed E-state index contributed by atoms with van der Waals surface area (Å²) in [7, 11) is 0. The Morgan fingerprint density at radius 2 is 2.35 bits per heavy atom. The Labute approximate surface area is 106 Å². The van der Waals surface area contributed by atoms with Gasteiger partial charge in [-0.25, -0.2) is 4.98 Å². The molecule has 5 heteroatoms. The Bertz CT molecular complexity index is 412. The van der Waals surface area contributed by atoms with Crippen molar-refractivity contribution >= 4 is 16.9 Å². The Morgan fingerprint density at radius 3 is 2.94 bits per heavy atom. The van der Waals surface area contributed by atoms with E-state index in [-0.39, 0.29) is 0 Å². The molecule has 0 aromatic carbocycles. The van der Waals surface area contributed by atoms with Gasteiger partial charge in [0.05, 0.1) is 12.7 Å². The zero-order valence-corrected chi connectivity index (χ0v) is 11.4. The molecule has 0 bridgehead atoms. The number of aryl methyl sites for hydroxylation is 1. The summed E-state index contributed by atoms with van der Waals surface area (Å²) in [5.41, 5.74) is 0.314. The topological polar surface area (TPSA) is 50.4 Å². The molecule has 1 aliphatic rings. The maximum absolute atomic E-state index is 5.53. The Kier molecular flexibility index (Phi) is 3.76. The predicted molar refractivity (Wildman–Crippen MR) is 71.3 cm³/mol. The lowest BCUT2D eigenvalue weighted by atomic mass is 9.97. The number of amidine groups is 1. The van der Waals surface area contributed by atoms with Gasteiger partial charge < -0.3 is 9.73 Å². The normalized spacial score (nSPS) is 18.9. The van der Waals surface area contributed by atoms with Crippen LogP contribution in [0.4, 0.5) is 0 Å². The van der Waals surface area contributed by atoms with E-state index >= 15 is 0 Å². The van der Waals surface area contributed by atoms with Crippen molar-refractivity contribution in [2.75, 3.05) is 12.3 Å². The third-order valence-corrected chi connectivity index (χ3v) is 4.06. The lowest BCUT2D eigenvalue weighted by molar-refractivity contribution is 0.434. The van der Waals surface area contributed by atoms with Crippen LogP contribution in [0.2, 0.25) is 0 Å². The average Bonchev–Trinajstić information content (AvgIpc) is 2.75. The summed E-state index contributed by atoms with van der Waals surface area (Å²) >= 11 is 1.77. The third kappa shape index (κ3) is 3.49. The molecule has 2 heterocycles. The Morgan fingerprint density at radius 1 is 1.53 bits per heavy atom. The second-order valence-electron chi connectivity index (χ2n) is 5.00. The summed E-state index contributed by atoms with van der Waals surface area (Å²) in [5.74, 6) is 2.76. The predicted octanol–water partition coefficient (Wildman–Crippen LogP) is 2.46. The largest absolute Gasteiger partial charge is 0.444 e. The molecule has 0 radical (unpaired) electrons. The second kappa shape index (κ2) is 5.12. The standard InChI is InChI=1S/C12H19N3OS/c1-4-9-5-13-10(16-9)6-14-11-15-7-12(2,3)8-17-11/h5H,4,6-8H2,1-3H3,(H,14,15). The van der Waals surface area contributed by atoms with Crippen LogP contribution in [-0.4, -0.2) is 22.4 Å². The third-order valence-electron chi connectivity index (χ3n) is 2.59. The van der Waals surface area contributed by atoms with Crippen LogP contribution >= 0.6 is 11.8 Å². The minimum Gasteiger partial charge on any atom is -0.444 e. The summed E-state index contributed by atoms with van der Waals surface area (Å²) < 4.78 is 5.53. The van der Waals surface area contributed by atoms with Crippen molar-refractivity contribution in [2.24, 2.45) is 10.4 Å². The number of thioether (sulfide) groups is 1. The van der Waals surface area contributed by atoms with Crippen LogP contribution in [0.1, 0.15) is 32.4 Å². The number of oxazole rings is 1. The minimum absolute atomic E-state index is 0.314. The molecule has 0 unspecified atom stereocenters. The zero-order chi connectivity index (χ0) is 12.3. The lowest BCUT2D eigenvalue weighted by Crippen LogP contribution is -2.31. The van der Waals surface area contributed by atoms with Crippen molar-refractivity contribution in [2.45, 2.75) is 33.7 Å². The number of aliphatic imine (C=N–C) groups is 1. The first-order valence-corrected chi connectivity index (χ1v) is 6.92. The van der Waals surface area contributed by atoms with Gasteiger partial charge in [-0.05, 0) is 5.41 Å². The van der Waals surface area contributed by atoms with Gasteiger partial charge in [-0.15, -0.1) is 0 Å². The van der Waals surface area contributed by atoms with Crippen LogP contribution < -0.4 is 5.32 Å². The highest BCUT2D eigenvalue weighted by Crippen LogP contribution is 2.27. The van der Waals surface area contributed by atoms with Crippen LogP contribution in [0.3, 0.4) is 0 Å². The summed E-state index contributed by atoms with van der Waals surface area (Å²) in [6.45, 7) is 8.03. The Hall–Kier alpha value is -0.970. The molecule has 94 valence electrons. The molecule has 0 aliphatic carbocycles. The van der Waals surface area contributed by atoms with E-state index in [0.29, 0.717) is 12.0 Å². The van der Waals surface area contributed by atoms with E-state index in [1.54, 1.807) is 18.0 Å². The van der Waals surface area contributed by atoms with Crippen molar-refractivity contribution in [3.05, 3.63) is 17.8 Å². The molecule has 1 N–H and O–H groups in total. The second-order valence-corrected chi connectivity index (χ2v) is 5.97. The smallest absolute Gasteiger partial charge is 0.213 e. The average molecular weight is 253 g/mol. The first kappa shape index (κ1) is 12.5. The van der Waals surface area contributed by atoms with Gasteiger partial charge >= 0.3 is 0 Å². The van der Waals surface area contributed by atoms with Gasteiger partial charge in [0.1, 0.15) is 5.76 Å². The maximum Gasteiger partial charge on any atom is 0.213 e. The van der Waals surface area contributed by atoms with Crippen LogP contribution in [0.25, 0.3) is 0 Å². The van der Waals surface area contributed by atoms with E-state index in [1.807, 2.05) is 0 Å². The van der Waals surface area contributed by atoms with Gasteiger partial charge in [-0.3, -0.25) is 4.99 Å². The highest BCUT2D eigenvalue weighted by atomic mass is 32.2. The van der Waals surface area contributed by atoms with Crippen molar-refractivity contribution in [3.8, 4) is 0 Å². The molecule has 0 fully saturated rings. The van der Waals surface area contributed by atoms with Gasteiger partial charge in [0.2, 0.25) is 5.89 Å². The van der Waals surface area contributed by atoms with Gasteiger partial charge in [-0.2, -0.15) is 0 Å². The van der Waals surface area contributed by atoms with Crippen LogP contribution in [0.15, 0.2) is 15.6 Å². The fourth-order valence-corrected chi connectivity index (χ4v) is 2.44. The monoisotopic (exact) mass is 253 g/mol. The number of nitrogens with one attached hydrogen (secondary N) is 1. The summed E-state index contributed by atoms with van der Waals surface area (Å²) in [5, 5.41) is 4.27. The minimum atomic E-state index is 0.314. The van der Waals surface area contributed by atoms with Crippen LogP contribution in [0, 0.1) is 5.41 Å². The SMILES string of the molecule is CCc1cnc(CNC2=NCC(C)(C)CS2)o1. The molecule has 0 amide bonds. The molecular weight excluding hydrogens is 234 g/mol. The van der Waals surface area contributed by atoms with E-state index in [9.17, 15) is 0 Å². The molecule has 0 atom stereocenters. The molecule has 1 aliphatic heterocycles. The fraction of sp³-hybridized carbons (Fsp3) is 0.667. The van der Waals surface area contributed by atoms with Crippen molar-refractivity contribution in [1.29, 1.82) is 0 Å². The number of nitrogens with zero attached hydrogens (tertiary/aromatic N) is 2. The summed E-state index contributed by atoms with van der Waals surface area (Å²) in [6, 6.07) is 0. The van der Waals surface area contributed by atoms with Crippen molar-refractivity contribution in [1.82, 2.24) is 10.3 Å². The van der Waals surface area contributed by atoms with E-state index in [4.69, 9.17) is 4.42 Å². The molecule has 0 saturated heterocycles. The van der Waals surface area contributed by atoms with E-state index < -0.39 is 0 Å². The zero-order valence-electron chi connectivity index (χ0n) is 10.6. The first-order valence-electron chi connectivity index (χ1n) is 5.94. The Balaban J connectivity index is 1.85. The number of rotatable bonds is 3. The summed E-state index contributed by atoms with van der Waals surface area (Å²) in [4.78, 5) is 8.73. The molecular formula is C12H19N3OS. The lowest BCUT2D eigenvalue weighted by Gasteiger charge is -2.27. The first-order chi connectivity index (χ1) is 8.09. The number of aromatic nitrogens is 1. The quantitative estimate of drug-likeness (QED) is 0.899. The van der Waals surface area contributed by atoms with Gasteiger partial charge in [-0.1, -0.05) is 32.5 Å². The maximum atomic E-state index is 5.53. The van der Waals surface area contributed by atoms with Gasteiger partial charge in [0.25, 0.3) is 0 Å². The van der Waals surface area contributed by atoms with Crippen molar-refractivity contribution < 1.29 is 4.42 Å². The number of hydrogen-bond donors (Lipinski definition) is 1. The molecule has 1 aromatic rings. The summed E-state index contributed by atoms with van der Waals surface area (Å²) in [6.07, 6.45) is 2.67. The molecule has 0 saturated carbocycles. The van der Waals surface area contributed by atoms with Gasteiger partial charge in [0, 0.05) is 18.7 Å². The fourth-order valence-electron chi connectivity index (χ4n) is 1.49. The van der Waals surface area contributed by atoms with Crippen molar-refractivity contribution in [3.63, 3.8) is 0 Å². The van der Waals surface area contributed by atoms with Gasteiger partial charge in [0.15, 0.2) is 5.17 Å². The molecule has 2 rings (SSSR count). The van der Waals surface area contributed by atoms with Crippen LogP contribution in [-0.2, 0) is 13.0 Å². The highest BCUT2D eigenvalue weighted by molar-refractivity contribution is 8.13. The molecule has 17 heavy (non-hydrogen) atoms. The molecule has 0 spiro atoms. The van der Waals surface area contributed by atoms with Crippen LogP contribution in [0.5, 0.6) is 0 Å². The van der Waals surface area contributed by atoms with E-state index in [0.717, 1.165) is 35.5 Å².